The lowest BCUT2D eigenvalue weighted by molar-refractivity contribution is -0.117. The zero-order chi connectivity index (χ0) is 14.2. The molecule has 2 rings (SSSR count). The molecule has 1 amide bonds. The third-order valence-corrected chi connectivity index (χ3v) is 4.41. The molecule has 1 aromatic rings. The molecule has 0 bridgehead atoms. The summed E-state index contributed by atoms with van der Waals surface area (Å²) in [6.45, 7) is 3.89. The molecule has 0 aliphatic carbocycles. The minimum atomic E-state index is -0.00725. The van der Waals surface area contributed by atoms with E-state index in [4.69, 9.17) is 17.3 Å². The summed E-state index contributed by atoms with van der Waals surface area (Å²) in [5.41, 5.74) is 7.97. The fourth-order valence-corrected chi connectivity index (χ4v) is 3.23. The first-order valence-electron chi connectivity index (χ1n) is 5.91. The molecule has 1 saturated heterocycles. The molecule has 1 heterocycles. The second-order valence-electron chi connectivity index (χ2n) is 4.60. The number of hydrogen-bond acceptors (Lipinski definition) is 4. The molecule has 0 radical (unpaired) electrons. The second kappa shape index (κ2) is 5.43. The van der Waals surface area contributed by atoms with E-state index < -0.39 is 0 Å². The van der Waals surface area contributed by atoms with E-state index >= 15 is 0 Å². The van der Waals surface area contributed by atoms with Gasteiger partial charge in [0.2, 0.25) is 5.91 Å². The highest BCUT2D eigenvalue weighted by molar-refractivity contribution is 8.14. The Morgan fingerprint density at radius 3 is 2.84 bits per heavy atom. The summed E-state index contributed by atoms with van der Waals surface area (Å²) in [5, 5.41) is 0.614. The molecule has 1 fully saturated rings. The van der Waals surface area contributed by atoms with E-state index in [0.29, 0.717) is 29.4 Å². The van der Waals surface area contributed by atoms with Crippen LogP contribution < -0.4 is 10.6 Å². The van der Waals surface area contributed by atoms with Gasteiger partial charge in [0, 0.05) is 30.2 Å². The lowest BCUT2D eigenvalue weighted by Crippen LogP contribution is -2.26. The summed E-state index contributed by atoms with van der Waals surface area (Å²) in [6.07, 6.45) is 0.366. The van der Waals surface area contributed by atoms with Gasteiger partial charge in [-0.2, -0.15) is 0 Å². The minimum absolute atomic E-state index is 0.000356. The molecule has 102 valence electrons. The standard InChI is InChI=1S/C13H15ClN2O2S/c1-7-3-12(11(15)5-10(7)14)16-6-9(4-13(16)18)19-8(2)17/h3,5,9H,4,6,15H2,1-2H3. The number of benzene rings is 1. The molecule has 0 aromatic heterocycles. The smallest absolute Gasteiger partial charge is 0.228 e. The maximum Gasteiger partial charge on any atom is 0.228 e. The van der Waals surface area contributed by atoms with Crippen LogP contribution in [0.5, 0.6) is 0 Å². The fourth-order valence-electron chi connectivity index (χ4n) is 2.14. The summed E-state index contributed by atoms with van der Waals surface area (Å²) in [6, 6.07) is 3.47. The number of carbonyl (C=O) groups excluding carboxylic acids is 2. The van der Waals surface area contributed by atoms with Crippen LogP contribution in [0.15, 0.2) is 12.1 Å². The van der Waals surface area contributed by atoms with Gasteiger partial charge in [-0.05, 0) is 24.6 Å². The van der Waals surface area contributed by atoms with Crippen molar-refractivity contribution in [2.24, 2.45) is 0 Å². The van der Waals surface area contributed by atoms with E-state index in [1.807, 2.05) is 13.0 Å². The van der Waals surface area contributed by atoms with Crippen molar-refractivity contribution >= 4 is 45.8 Å². The first kappa shape index (κ1) is 14.2. The van der Waals surface area contributed by atoms with Crippen molar-refractivity contribution in [1.29, 1.82) is 0 Å². The average Bonchev–Trinajstić information content (AvgIpc) is 2.63. The van der Waals surface area contributed by atoms with Crippen molar-refractivity contribution in [3.63, 3.8) is 0 Å². The van der Waals surface area contributed by atoms with E-state index in [1.165, 1.54) is 18.7 Å². The van der Waals surface area contributed by atoms with Crippen molar-refractivity contribution in [2.45, 2.75) is 25.5 Å². The number of thioether (sulfide) groups is 1. The van der Waals surface area contributed by atoms with Crippen molar-refractivity contribution in [1.82, 2.24) is 0 Å². The zero-order valence-corrected chi connectivity index (χ0v) is 12.3. The van der Waals surface area contributed by atoms with Crippen molar-refractivity contribution in [3.05, 3.63) is 22.7 Å². The average molecular weight is 299 g/mol. The van der Waals surface area contributed by atoms with Crippen LogP contribution in [-0.2, 0) is 9.59 Å². The van der Waals surface area contributed by atoms with Gasteiger partial charge in [-0.15, -0.1) is 0 Å². The van der Waals surface area contributed by atoms with Crippen LogP contribution in [-0.4, -0.2) is 22.8 Å². The van der Waals surface area contributed by atoms with Crippen LogP contribution in [0.1, 0.15) is 18.9 Å². The molecule has 1 aromatic carbocycles. The SMILES string of the molecule is CC(=O)SC1CC(=O)N(c2cc(C)c(Cl)cc2N)C1. The molecule has 1 unspecified atom stereocenters. The number of halogens is 1. The van der Waals surface area contributed by atoms with Crippen LogP contribution >= 0.6 is 23.4 Å². The highest BCUT2D eigenvalue weighted by atomic mass is 35.5. The van der Waals surface area contributed by atoms with Gasteiger partial charge in [-0.25, -0.2) is 0 Å². The Morgan fingerprint density at radius 2 is 2.21 bits per heavy atom. The number of rotatable bonds is 2. The molecular formula is C13H15ClN2O2S. The Hall–Kier alpha value is -1.20. The van der Waals surface area contributed by atoms with Gasteiger partial charge in [0.25, 0.3) is 0 Å². The Balaban J connectivity index is 2.25. The van der Waals surface area contributed by atoms with Gasteiger partial charge in [-0.1, -0.05) is 23.4 Å². The molecule has 19 heavy (non-hydrogen) atoms. The van der Waals surface area contributed by atoms with Gasteiger partial charge in [-0.3, -0.25) is 9.59 Å². The molecule has 4 nitrogen and oxygen atoms in total. The van der Waals surface area contributed by atoms with E-state index in [9.17, 15) is 9.59 Å². The Labute approximate surface area is 121 Å². The number of amides is 1. The van der Waals surface area contributed by atoms with E-state index in [1.54, 1.807) is 11.0 Å². The van der Waals surface area contributed by atoms with Crippen LogP contribution in [0, 0.1) is 6.92 Å². The van der Waals surface area contributed by atoms with Crippen LogP contribution in [0.4, 0.5) is 11.4 Å². The third-order valence-electron chi connectivity index (χ3n) is 3.02. The predicted octanol–water partition coefficient (Wildman–Crippen LogP) is 2.62. The fraction of sp³-hybridized carbons (Fsp3) is 0.385. The molecule has 1 aliphatic heterocycles. The Kier molecular flexibility index (Phi) is 4.06. The monoisotopic (exact) mass is 298 g/mol. The van der Waals surface area contributed by atoms with Crippen LogP contribution in [0.3, 0.4) is 0 Å². The van der Waals surface area contributed by atoms with Gasteiger partial charge in [0.15, 0.2) is 5.12 Å². The quantitative estimate of drug-likeness (QED) is 0.853. The summed E-state index contributed by atoms with van der Waals surface area (Å²) >= 11 is 7.20. The van der Waals surface area contributed by atoms with Gasteiger partial charge in [0.05, 0.1) is 11.4 Å². The molecule has 1 atom stereocenters. The third kappa shape index (κ3) is 3.04. The molecule has 6 heteroatoms. The number of carbonyl (C=O) groups is 2. The predicted molar refractivity (Wildman–Crippen MR) is 79.6 cm³/mol. The summed E-state index contributed by atoms with van der Waals surface area (Å²) in [7, 11) is 0. The first-order chi connectivity index (χ1) is 8.88. The maximum absolute atomic E-state index is 12.0. The molecule has 0 spiro atoms. The van der Waals surface area contributed by atoms with Gasteiger partial charge < -0.3 is 10.6 Å². The van der Waals surface area contributed by atoms with E-state index in [-0.39, 0.29) is 16.3 Å². The summed E-state index contributed by atoms with van der Waals surface area (Å²) in [5.74, 6) is -0.00725. The lowest BCUT2D eigenvalue weighted by atomic mass is 10.2. The molecular weight excluding hydrogens is 284 g/mol. The number of nitrogens with two attached hydrogens (primary N) is 1. The lowest BCUT2D eigenvalue weighted by Gasteiger charge is -2.19. The van der Waals surface area contributed by atoms with Crippen LogP contribution in [0.2, 0.25) is 5.02 Å². The van der Waals surface area contributed by atoms with Crippen molar-refractivity contribution < 1.29 is 9.59 Å². The summed E-state index contributed by atoms with van der Waals surface area (Å²) < 4.78 is 0. The zero-order valence-electron chi connectivity index (χ0n) is 10.8. The number of nitrogens with zero attached hydrogens (tertiary/aromatic N) is 1. The van der Waals surface area contributed by atoms with E-state index in [2.05, 4.69) is 0 Å². The van der Waals surface area contributed by atoms with E-state index in [0.717, 1.165) is 5.56 Å². The number of hydrogen-bond donors (Lipinski definition) is 1. The largest absolute Gasteiger partial charge is 0.397 e. The minimum Gasteiger partial charge on any atom is -0.397 e. The molecule has 2 N–H and O–H groups in total. The number of aryl methyl sites for hydroxylation is 1. The van der Waals surface area contributed by atoms with Gasteiger partial charge >= 0.3 is 0 Å². The van der Waals surface area contributed by atoms with Crippen LogP contribution in [0.25, 0.3) is 0 Å². The highest BCUT2D eigenvalue weighted by Crippen LogP contribution is 2.34. The first-order valence-corrected chi connectivity index (χ1v) is 7.17. The molecule has 0 saturated carbocycles. The molecule has 1 aliphatic rings. The topological polar surface area (TPSA) is 63.4 Å². The summed E-state index contributed by atoms with van der Waals surface area (Å²) in [4.78, 5) is 24.8. The Morgan fingerprint density at radius 1 is 1.53 bits per heavy atom. The second-order valence-corrected chi connectivity index (χ2v) is 6.48. The van der Waals surface area contributed by atoms with Crippen molar-refractivity contribution in [3.8, 4) is 0 Å². The van der Waals surface area contributed by atoms with Crippen molar-refractivity contribution in [2.75, 3.05) is 17.2 Å². The highest BCUT2D eigenvalue weighted by Gasteiger charge is 2.32. The Bertz CT molecular complexity index is 548. The number of nitrogen functional groups attached to an aromatic ring is 1. The normalized spacial score (nSPS) is 19.0. The van der Waals surface area contributed by atoms with Gasteiger partial charge in [0.1, 0.15) is 0 Å². The number of anilines is 2. The maximum atomic E-state index is 12.0.